The fourth-order valence-corrected chi connectivity index (χ4v) is 4.44. The Labute approximate surface area is 102 Å². The number of alkyl halides is 1. The van der Waals surface area contributed by atoms with Crippen molar-refractivity contribution in [2.75, 3.05) is 18.2 Å². The van der Waals surface area contributed by atoms with Crippen molar-refractivity contribution < 1.29 is 13.2 Å². The van der Waals surface area contributed by atoms with Crippen molar-refractivity contribution in [3.63, 3.8) is 0 Å². The van der Waals surface area contributed by atoms with E-state index in [-0.39, 0.29) is 17.4 Å². The van der Waals surface area contributed by atoms with E-state index in [2.05, 4.69) is 4.72 Å². The lowest BCUT2D eigenvalue weighted by Gasteiger charge is -2.40. The second kappa shape index (κ2) is 4.80. The molecule has 0 aromatic carbocycles. The van der Waals surface area contributed by atoms with E-state index in [9.17, 15) is 8.42 Å². The minimum absolute atomic E-state index is 0.0750. The Hall–Kier alpha value is 0.160. The van der Waals surface area contributed by atoms with Gasteiger partial charge in [-0.05, 0) is 32.1 Å². The Kier molecular flexibility index (Phi) is 3.79. The molecule has 2 fully saturated rings. The summed E-state index contributed by atoms with van der Waals surface area (Å²) in [5.74, 6) is 0.434. The predicted octanol–water partition coefficient (Wildman–Crippen LogP) is 1.25. The summed E-state index contributed by atoms with van der Waals surface area (Å²) in [6.07, 6.45) is 4.41. The van der Waals surface area contributed by atoms with Crippen molar-refractivity contribution in [1.82, 2.24) is 4.72 Å². The van der Waals surface area contributed by atoms with E-state index in [1.54, 1.807) is 0 Å². The average molecular weight is 268 g/mol. The summed E-state index contributed by atoms with van der Waals surface area (Å²) in [4.78, 5) is 0. The molecule has 0 aromatic heterocycles. The number of ether oxygens (including phenoxy) is 1. The van der Waals surface area contributed by atoms with Crippen molar-refractivity contribution in [1.29, 1.82) is 0 Å². The molecule has 1 saturated heterocycles. The second-order valence-electron chi connectivity index (χ2n) is 4.79. The van der Waals surface area contributed by atoms with Crippen LogP contribution >= 0.6 is 11.6 Å². The molecular formula is C10H18ClNO3S. The molecule has 2 rings (SSSR count). The smallest absolute Gasteiger partial charge is 0.214 e. The van der Waals surface area contributed by atoms with Gasteiger partial charge >= 0.3 is 0 Å². The Balaban J connectivity index is 1.91. The Bertz CT molecular complexity index is 328. The SMILES string of the molecule is O=S(=O)(CC1CCCO1)NC1(CCl)CCC1. The third-order valence-electron chi connectivity index (χ3n) is 3.37. The Morgan fingerprint density at radius 1 is 1.38 bits per heavy atom. The highest BCUT2D eigenvalue weighted by Gasteiger charge is 2.40. The maximum absolute atomic E-state index is 11.9. The van der Waals surface area contributed by atoms with Gasteiger partial charge in [-0.2, -0.15) is 0 Å². The van der Waals surface area contributed by atoms with E-state index in [0.29, 0.717) is 12.5 Å². The predicted molar refractivity (Wildman–Crippen MR) is 63.2 cm³/mol. The molecule has 0 aromatic rings. The lowest BCUT2D eigenvalue weighted by Crippen LogP contribution is -2.56. The quantitative estimate of drug-likeness (QED) is 0.763. The van der Waals surface area contributed by atoms with Gasteiger partial charge in [-0.15, -0.1) is 11.6 Å². The van der Waals surface area contributed by atoms with Crippen LogP contribution < -0.4 is 4.72 Å². The molecule has 1 aliphatic carbocycles. The van der Waals surface area contributed by atoms with Crippen molar-refractivity contribution in [2.24, 2.45) is 0 Å². The van der Waals surface area contributed by atoms with Gasteiger partial charge in [0.05, 0.1) is 11.9 Å². The van der Waals surface area contributed by atoms with Crippen LogP contribution in [-0.2, 0) is 14.8 Å². The van der Waals surface area contributed by atoms with Crippen LogP contribution in [0.4, 0.5) is 0 Å². The fraction of sp³-hybridized carbons (Fsp3) is 1.00. The zero-order chi connectivity index (χ0) is 11.6. The molecule has 0 amide bonds. The van der Waals surface area contributed by atoms with Gasteiger partial charge in [0, 0.05) is 18.0 Å². The molecule has 1 aliphatic heterocycles. The molecule has 6 heteroatoms. The van der Waals surface area contributed by atoms with Crippen LogP contribution in [0.3, 0.4) is 0 Å². The summed E-state index contributed by atoms with van der Waals surface area (Å²) in [6.45, 7) is 0.681. The van der Waals surface area contributed by atoms with Crippen LogP contribution in [0.2, 0.25) is 0 Å². The first-order chi connectivity index (χ1) is 7.55. The molecule has 16 heavy (non-hydrogen) atoms. The summed E-state index contributed by atoms with van der Waals surface area (Å²) in [5, 5.41) is 0. The van der Waals surface area contributed by atoms with Gasteiger partial charge in [0.25, 0.3) is 0 Å². The van der Waals surface area contributed by atoms with Crippen LogP contribution in [0, 0.1) is 0 Å². The van der Waals surface area contributed by atoms with Crippen LogP contribution in [0.1, 0.15) is 32.1 Å². The first kappa shape index (κ1) is 12.6. The standard InChI is InChI=1S/C10H18ClNO3S/c11-8-10(4-2-5-10)12-16(13,14)7-9-3-1-6-15-9/h9,12H,1-8H2. The topological polar surface area (TPSA) is 55.4 Å². The molecule has 1 N–H and O–H groups in total. The highest BCUT2D eigenvalue weighted by Crippen LogP contribution is 2.33. The van der Waals surface area contributed by atoms with Crippen molar-refractivity contribution in [3.8, 4) is 0 Å². The summed E-state index contributed by atoms with van der Waals surface area (Å²) >= 11 is 5.82. The molecule has 94 valence electrons. The molecule has 1 atom stereocenters. The maximum Gasteiger partial charge on any atom is 0.214 e. The summed E-state index contributed by atoms with van der Waals surface area (Å²) in [5.41, 5.74) is -0.376. The van der Waals surface area contributed by atoms with Crippen LogP contribution in [0.25, 0.3) is 0 Å². The molecule has 2 aliphatic rings. The van der Waals surface area contributed by atoms with Crippen LogP contribution in [-0.4, -0.2) is 38.3 Å². The van der Waals surface area contributed by atoms with Gasteiger partial charge in [0.15, 0.2) is 0 Å². The molecule has 1 saturated carbocycles. The molecule has 0 radical (unpaired) electrons. The van der Waals surface area contributed by atoms with E-state index >= 15 is 0 Å². The molecule has 0 spiro atoms. The van der Waals surface area contributed by atoms with Crippen molar-refractivity contribution >= 4 is 21.6 Å². The van der Waals surface area contributed by atoms with Crippen LogP contribution in [0.15, 0.2) is 0 Å². The summed E-state index contributed by atoms with van der Waals surface area (Å²) < 4.78 is 31.9. The number of hydrogen-bond donors (Lipinski definition) is 1. The third kappa shape index (κ3) is 2.88. The lowest BCUT2D eigenvalue weighted by atomic mass is 9.79. The molecule has 1 heterocycles. The largest absolute Gasteiger partial charge is 0.377 e. The van der Waals surface area contributed by atoms with Gasteiger partial charge < -0.3 is 4.74 Å². The molecule has 4 nitrogen and oxygen atoms in total. The second-order valence-corrected chi connectivity index (χ2v) is 6.82. The van der Waals surface area contributed by atoms with Crippen LogP contribution in [0.5, 0.6) is 0 Å². The van der Waals surface area contributed by atoms with Gasteiger partial charge in [-0.25, -0.2) is 13.1 Å². The van der Waals surface area contributed by atoms with E-state index in [0.717, 1.165) is 32.1 Å². The normalized spacial score (nSPS) is 28.9. The summed E-state index contributed by atoms with van der Waals surface area (Å²) in [6, 6.07) is 0. The highest BCUT2D eigenvalue weighted by atomic mass is 35.5. The minimum Gasteiger partial charge on any atom is -0.377 e. The van der Waals surface area contributed by atoms with Gasteiger partial charge in [-0.1, -0.05) is 0 Å². The number of nitrogens with one attached hydrogen (secondary N) is 1. The monoisotopic (exact) mass is 267 g/mol. The number of rotatable bonds is 5. The zero-order valence-electron chi connectivity index (χ0n) is 9.25. The third-order valence-corrected chi connectivity index (χ3v) is 5.43. The van der Waals surface area contributed by atoms with Gasteiger partial charge in [-0.3, -0.25) is 0 Å². The number of halogens is 1. The first-order valence-corrected chi connectivity index (χ1v) is 7.93. The van der Waals surface area contributed by atoms with E-state index < -0.39 is 10.0 Å². The highest BCUT2D eigenvalue weighted by molar-refractivity contribution is 7.89. The first-order valence-electron chi connectivity index (χ1n) is 5.74. The number of hydrogen-bond acceptors (Lipinski definition) is 3. The average Bonchev–Trinajstić information content (AvgIpc) is 2.63. The fourth-order valence-electron chi connectivity index (χ4n) is 2.26. The molecule has 0 bridgehead atoms. The Morgan fingerprint density at radius 3 is 2.56 bits per heavy atom. The zero-order valence-corrected chi connectivity index (χ0v) is 10.8. The maximum atomic E-state index is 11.9. The van der Waals surface area contributed by atoms with E-state index in [1.807, 2.05) is 0 Å². The van der Waals surface area contributed by atoms with Gasteiger partial charge in [0.2, 0.25) is 10.0 Å². The summed E-state index contributed by atoms with van der Waals surface area (Å²) in [7, 11) is -3.26. The lowest BCUT2D eigenvalue weighted by molar-refractivity contribution is 0.126. The molecular weight excluding hydrogens is 250 g/mol. The number of sulfonamides is 1. The Morgan fingerprint density at radius 2 is 2.12 bits per heavy atom. The van der Waals surface area contributed by atoms with Crippen molar-refractivity contribution in [3.05, 3.63) is 0 Å². The van der Waals surface area contributed by atoms with Gasteiger partial charge in [0.1, 0.15) is 0 Å². The van der Waals surface area contributed by atoms with E-state index in [1.165, 1.54) is 0 Å². The minimum atomic E-state index is -3.26. The van der Waals surface area contributed by atoms with E-state index in [4.69, 9.17) is 16.3 Å². The molecule has 1 unspecified atom stereocenters. The van der Waals surface area contributed by atoms with Crippen molar-refractivity contribution in [2.45, 2.75) is 43.7 Å².